The second kappa shape index (κ2) is 6.42. The molecule has 0 bridgehead atoms. The molecule has 2 saturated carbocycles. The topological polar surface area (TPSA) is 15.6 Å². The zero-order valence-electron chi connectivity index (χ0n) is 11.6. The van der Waals surface area contributed by atoms with E-state index < -0.39 is 0 Å². The molecule has 0 heterocycles. The fourth-order valence-corrected chi connectivity index (χ4v) is 3.64. The molecule has 0 atom stereocenters. The SMILES string of the molecule is C/N=C(/C1CCCCC1)N(C)C1CCCCC1. The van der Waals surface area contributed by atoms with Gasteiger partial charge in [-0.05, 0) is 25.7 Å². The number of nitrogens with zero attached hydrogens (tertiary/aromatic N) is 2. The molecule has 2 fully saturated rings. The minimum atomic E-state index is 0.751. The first kappa shape index (κ1) is 12.9. The summed E-state index contributed by atoms with van der Waals surface area (Å²) in [4.78, 5) is 7.15. The van der Waals surface area contributed by atoms with Crippen LogP contribution in [-0.4, -0.2) is 30.9 Å². The van der Waals surface area contributed by atoms with E-state index in [1.807, 2.05) is 7.05 Å². The lowest BCUT2D eigenvalue weighted by Crippen LogP contribution is -2.42. The molecule has 2 aliphatic carbocycles. The number of hydrogen-bond donors (Lipinski definition) is 0. The molecule has 0 amide bonds. The smallest absolute Gasteiger partial charge is 0.102 e. The fourth-order valence-electron chi connectivity index (χ4n) is 3.64. The molecule has 0 aromatic carbocycles. The lowest BCUT2D eigenvalue weighted by molar-refractivity contribution is 0.260. The van der Waals surface area contributed by atoms with Crippen LogP contribution in [0.5, 0.6) is 0 Å². The van der Waals surface area contributed by atoms with E-state index in [0.717, 1.165) is 12.0 Å². The van der Waals surface area contributed by atoms with Gasteiger partial charge in [0.05, 0.1) is 0 Å². The van der Waals surface area contributed by atoms with Crippen LogP contribution in [0.2, 0.25) is 0 Å². The van der Waals surface area contributed by atoms with Gasteiger partial charge in [0.25, 0.3) is 0 Å². The van der Waals surface area contributed by atoms with Crippen molar-refractivity contribution < 1.29 is 0 Å². The van der Waals surface area contributed by atoms with Crippen molar-refractivity contribution in [1.29, 1.82) is 0 Å². The summed E-state index contributed by atoms with van der Waals surface area (Å²) in [5.74, 6) is 2.15. The number of hydrogen-bond acceptors (Lipinski definition) is 1. The minimum absolute atomic E-state index is 0.751. The Hall–Kier alpha value is -0.530. The molecule has 2 heteroatoms. The third-order valence-corrected chi connectivity index (χ3v) is 4.68. The Balaban J connectivity index is 1.96. The normalized spacial score (nSPS) is 24.9. The monoisotopic (exact) mass is 236 g/mol. The summed E-state index contributed by atoms with van der Waals surface area (Å²) < 4.78 is 0. The summed E-state index contributed by atoms with van der Waals surface area (Å²) >= 11 is 0. The van der Waals surface area contributed by atoms with Crippen LogP contribution in [0, 0.1) is 5.92 Å². The van der Waals surface area contributed by atoms with Crippen LogP contribution < -0.4 is 0 Å². The van der Waals surface area contributed by atoms with Crippen LogP contribution in [-0.2, 0) is 0 Å². The zero-order valence-corrected chi connectivity index (χ0v) is 11.6. The Morgan fingerprint density at radius 1 is 0.882 bits per heavy atom. The summed E-state index contributed by atoms with van der Waals surface area (Å²) in [7, 11) is 4.27. The van der Waals surface area contributed by atoms with E-state index in [2.05, 4.69) is 16.9 Å². The summed E-state index contributed by atoms with van der Waals surface area (Å²) in [6, 6.07) is 0.768. The molecule has 2 rings (SSSR count). The van der Waals surface area contributed by atoms with Crippen LogP contribution in [0.1, 0.15) is 64.2 Å². The van der Waals surface area contributed by atoms with Crippen molar-refractivity contribution in [2.75, 3.05) is 14.1 Å². The second-order valence-electron chi connectivity index (χ2n) is 5.82. The first-order chi connectivity index (χ1) is 8.33. The Morgan fingerprint density at radius 3 is 1.94 bits per heavy atom. The molecule has 0 aliphatic heterocycles. The van der Waals surface area contributed by atoms with Crippen molar-refractivity contribution >= 4 is 5.84 Å². The number of amidine groups is 1. The maximum atomic E-state index is 4.63. The van der Waals surface area contributed by atoms with Gasteiger partial charge in [-0.2, -0.15) is 0 Å². The molecule has 98 valence electrons. The molecular weight excluding hydrogens is 208 g/mol. The predicted octanol–water partition coefficient (Wildman–Crippen LogP) is 3.86. The van der Waals surface area contributed by atoms with E-state index in [9.17, 15) is 0 Å². The van der Waals surface area contributed by atoms with Crippen LogP contribution in [0.4, 0.5) is 0 Å². The van der Waals surface area contributed by atoms with E-state index in [0.29, 0.717) is 0 Å². The van der Waals surface area contributed by atoms with E-state index >= 15 is 0 Å². The Labute approximate surface area is 106 Å². The van der Waals surface area contributed by atoms with Gasteiger partial charge in [0, 0.05) is 26.1 Å². The van der Waals surface area contributed by atoms with Gasteiger partial charge >= 0.3 is 0 Å². The van der Waals surface area contributed by atoms with Crippen molar-refractivity contribution in [3.05, 3.63) is 0 Å². The van der Waals surface area contributed by atoms with Gasteiger partial charge in [-0.25, -0.2) is 0 Å². The Bertz CT molecular complexity index is 248. The van der Waals surface area contributed by atoms with Gasteiger partial charge in [0.2, 0.25) is 0 Å². The lowest BCUT2D eigenvalue weighted by atomic mass is 9.86. The van der Waals surface area contributed by atoms with Crippen LogP contribution in [0.3, 0.4) is 0 Å². The summed E-state index contributed by atoms with van der Waals surface area (Å²) in [5, 5.41) is 0. The van der Waals surface area contributed by atoms with Gasteiger partial charge in [0.15, 0.2) is 0 Å². The Kier molecular flexibility index (Phi) is 4.87. The average Bonchev–Trinajstić information content (AvgIpc) is 2.42. The van der Waals surface area contributed by atoms with Crippen molar-refractivity contribution in [2.45, 2.75) is 70.3 Å². The van der Waals surface area contributed by atoms with Gasteiger partial charge in [-0.15, -0.1) is 0 Å². The largest absolute Gasteiger partial charge is 0.360 e. The fraction of sp³-hybridized carbons (Fsp3) is 0.933. The highest BCUT2D eigenvalue weighted by molar-refractivity contribution is 5.84. The predicted molar refractivity (Wildman–Crippen MR) is 74.6 cm³/mol. The van der Waals surface area contributed by atoms with Crippen LogP contribution in [0.25, 0.3) is 0 Å². The molecule has 0 saturated heterocycles. The summed E-state index contributed by atoms with van der Waals surface area (Å²) in [5.41, 5.74) is 0. The zero-order chi connectivity index (χ0) is 12.1. The van der Waals surface area contributed by atoms with Gasteiger partial charge in [0.1, 0.15) is 5.84 Å². The molecule has 0 aromatic rings. The standard InChI is InChI=1S/C15H28N2/c1-16-15(13-9-5-3-6-10-13)17(2)14-11-7-4-8-12-14/h13-14H,3-12H2,1-2H3/b16-15-. The molecule has 2 aliphatic rings. The van der Waals surface area contributed by atoms with Gasteiger partial charge in [-0.1, -0.05) is 38.5 Å². The first-order valence-electron chi connectivity index (χ1n) is 7.52. The molecule has 0 radical (unpaired) electrons. The van der Waals surface area contributed by atoms with Crippen molar-refractivity contribution in [1.82, 2.24) is 4.90 Å². The molecule has 17 heavy (non-hydrogen) atoms. The minimum Gasteiger partial charge on any atom is -0.360 e. The second-order valence-corrected chi connectivity index (χ2v) is 5.82. The Morgan fingerprint density at radius 2 is 1.41 bits per heavy atom. The maximum absolute atomic E-state index is 4.63. The van der Waals surface area contributed by atoms with Gasteiger partial charge < -0.3 is 4.90 Å². The van der Waals surface area contributed by atoms with Gasteiger partial charge in [-0.3, -0.25) is 4.99 Å². The highest BCUT2D eigenvalue weighted by atomic mass is 15.2. The highest BCUT2D eigenvalue weighted by Crippen LogP contribution is 2.29. The number of aliphatic imine (C=N–C) groups is 1. The summed E-state index contributed by atoms with van der Waals surface area (Å²) in [6.45, 7) is 0. The van der Waals surface area contributed by atoms with Crippen molar-refractivity contribution in [3.8, 4) is 0 Å². The van der Waals surface area contributed by atoms with Crippen molar-refractivity contribution in [2.24, 2.45) is 10.9 Å². The van der Waals surface area contributed by atoms with Crippen molar-refractivity contribution in [3.63, 3.8) is 0 Å². The third-order valence-electron chi connectivity index (χ3n) is 4.68. The maximum Gasteiger partial charge on any atom is 0.102 e. The molecule has 0 unspecified atom stereocenters. The van der Waals surface area contributed by atoms with E-state index in [1.54, 1.807) is 0 Å². The van der Waals surface area contributed by atoms with E-state index in [-0.39, 0.29) is 0 Å². The third kappa shape index (κ3) is 3.23. The summed E-state index contributed by atoms with van der Waals surface area (Å²) in [6.07, 6.45) is 14.0. The lowest BCUT2D eigenvalue weighted by Gasteiger charge is -2.37. The first-order valence-corrected chi connectivity index (χ1v) is 7.52. The molecule has 0 spiro atoms. The highest BCUT2D eigenvalue weighted by Gasteiger charge is 2.26. The van der Waals surface area contributed by atoms with Crippen LogP contribution >= 0.6 is 0 Å². The van der Waals surface area contributed by atoms with Crippen LogP contribution in [0.15, 0.2) is 4.99 Å². The quantitative estimate of drug-likeness (QED) is 0.525. The molecular formula is C15H28N2. The van der Waals surface area contributed by atoms with E-state index in [1.165, 1.54) is 70.0 Å². The number of rotatable bonds is 2. The molecule has 0 aromatic heterocycles. The van der Waals surface area contributed by atoms with E-state index in [4.69, 9.17) is 0 Å². The molecule has 2 nitrogen and oxygen atoms in total. The molecule has 0 N–H and O–H groups in total. The average molecular weight is 236 g/mol.